The molecule has 0 radical (unpaired) electrons. The number of aliphatic carboxylic acids is 1. The van der Waals surface area contributed by atoms with E-state index in [2.05, 4.69) is 45.4 Å². The van der Waals surface area contributed by atoms with Crippen LogP contribution >= 0.6 is 27.3 Å². The van der Waals surface area contributed by atoms with E-state index in [1.165, 1.54) is 4.88 Å². The van der Waals surface area contributed by atoms with E-state index in [1.807, 2.05) is 18.2 Å². The van der Waals surface area contributed by atoms with Gasteiger partial charge in [-0.05, 0) is 41.6 Å². The molecule has 1 aromatic heterocycles. The molecule has 0 saturated heterocycles. The summed E-state index contributed by atoms with van der Waals surface area (Å²) in [6, 6.07) is 10.1. The van der Waals surface area contributed by atoms with E-state index < -0.39 is 5.97 Å². The Balaban J connectivity index is 2.03. The van der Waals surface area contributed by atoms with Gasteiger partial charge in [0.25, 0.3) is 0 Å². The van der Waals surface area contributed by atoms with Gasteiger partial charge in [-0.3, -0.25) is 0 Å². The SMILES string of the molecule is CN(CCc1cccs1)c1ccc(/C=C/C(=O)O)c(Br)c1. The molecule has 3 nitrogen and oxygen atoms in total. The number of carbonyl (C=O) groups is 1. The van der Waals surface area contributed by atoms with Crippen molar-refractivity contribution in [1.29, 1.82) is 0 Å². The third kappa shape index (κ3) is 4.72. The van der Waals surface area contributed by atoms with E-state index >= 15 is 0 Å². The highest BCUT2D eigenvalue weighted by atomic mass is 79.9. The molecule has 0 aliphatic carbocycles. The summed E-state index contributed by atoms with van der Waals surface area (Å²) >= 11 is 5.26. The molecule has 1 aromatic carbocycles. The normalized spacial score (nSPS) is 11.0. The van der Waals surface area contributed by atoms with Gasteiger partial charge >= 0.3 is 5.97 Å². The van der Waals surface area contributed by atoms with Crippen molar-refractivity contribution in [3.63, 3.8) is 0 Å². The van der Waals surface area contributed by atoms with Crippen LogP contribution in [0.2, 0.25) is 0 Å². The van der Waals surface area contributed by atoms with Crippen molar-refractivity contribution in [1.82, 2.24) is 0 Å². The predicted octanol–water partition coefficient (Wildman–Crippen LogP) is 4.29. The van der Waals surface area contributed by atoms with Crippen LogP contribution in [0.5, 0.6) is 0 Å². The van der Waals surface area contributed by atoms with Gasteiger partial charge in [0.05, 0.1) is 0 Å². The lowest BCUT2D eigenvalue weighted by atomic mass is 10.2. The fourth-order valence-electron chi connectivity index (χ4n) is 1.91. The van der Waals surface area contributed by atoms with E-state index in [1.54, 1.807) is 17.4 Å². The number of nitrogens with zero attached hydrogens (tertiary/aromatic N) is 1. The molecule has 0 atom stereocenters. The monoisotopic (exact) mass is 365 g/mol. The van der Waals surface area contributed by atoms with E-state index in [0.29, 0.717) is 0 Å². The Morgan fingerprint density at radius 3 is 2.86 bits per heavy atom. The average Bonchev–Trinajstić information content (AvgIpc) is 2.96. The Morgan fingerprint density at radius 2 is 2.24 bits per heavy atom. The fourth-order valence-corrected chi connectivity index (χ4v) is 3.11. The first kappa shape index (κ1) is 15.8. The first-order valence-corrected chi connectivity index (χ1v) is 8.17. The van der Waals surface area contributed by atoms with Gasteiger partial charge in [0, 0.05) is 34.7 Å². The molecule has 2 aromatic rings. The Hall–Kier alpha value is -1.59. The van der Waals surface area contributed by atoms with Crippen LogP contribution < -0.4 is 4.90 Å². The van der Waals surface area contributed by atoms with Gasteiger partial charge in [-0.1, -0.05) is 28.1 Å². The third-order valence-electron chi connectivity index (χ3n) is 3.10. The molecule has 0 aliphatic heterocycles. The largest absolute Gasteiger partial charge is 0.478 e. The maximum atomic E-state index is 10.5. The van der Waals surface area contributed by atoms with Crippen LogP contribution in [-0.4, -0.2) is 24.7 Å². The van der Waals surface area contributed by atoms with Crippen LogP contribution in [0.25, 0.3) is 6.08 Å². The molecule has 1 heterocycles. The van der Waals surface area contributed by atoms with Crippen LogP contribution in [0.4, 0.5) is 5.69 Å². The molecule has 0 unspecified atom stereocenters. The smallest absolute Gasteiger partial charge is 0.328 e. The average molecular weight is 366 g/mol. The molecule has 0 fully saturated rings. The summed E-state index contributed by atoms with van der Waals surface area (Å²) in [7, 11) is 2.06. The van der Waals surface area contributed by atoms with Gasteiger partial charge in [-0.2, -0.15) is 0 Å². The summed E-state index contributed by atoms with van der Waals surface area (Å²) in [6.45, 7) is 0.942. The zero-order valence-electron chi connectivity index (χ0n) is 11.6. The molecule has 0 amide bonds. The number of hydrogen-bond acceptors (Lipinski definition) is 3. The maximum Gasteiger partial charge on any atom is 0.328 e. The van der Waals surface area contributed by atoms with Crippen LogP contribution in [0.1, 0.15) is 10.4 Å². The highest BCUT2D eigenvalue weighted by molar-refractivity contribution is 9.10. The van der Waals surface area contributed by atoms with Gasteiger partial charge in [0.15, 0.2) is 0 Å². The quantitative estimate of drug-likeness (QED) is 0.776. The topological polar surface area (TPSA) is 40.5 Å². The molecule has 110 valence electrons. The lowest BCUT2D eigenvalue weighted by molar-refractivity contribution is -0.131. The zero-order chi connectivity index (χ0) is 15.2. The number of anilines is 1. The number of carboxylic acids is 1. The fraction of sp³-hybridized carbons (Fsp3) is 0.188. The minimum absolute atomic E-state index is 0.854. The van der Waals surface area contributed by atoms with Crippen molar-refractivity contribution >= 4 is 45.0 Å². The summed E-state index contributed by atoms with van der Waals surface area (Å²) in [5, 5.41) is 10.8. The molecular formula is C16H16BrNO2S. The Kier molecular flexibility index (Phi) is 5.59. The number of likely N-dealkylation sites (N-methyl/N-ethyl adjacent to an activating group) is 1. The Labute approximate surface area is 136 Å². The van der Waals surface area contributed by atoms with Gasteiger partial charge < -0.3 is 10.0 Å². The van der Waals surface area contributed by atoms with Gasteiger partial charge in [-0.15, -0.1) is 11.3 Å². The summed E-state index contributed by atoms with van der Waals surface area (Å²) in [4.78, 5) is 14.1. The standard InChI is InChI=1S/C16H16BrNO2S/c1-18(9-8-14-3-2-10-21-14)13-6-4-12(15(17)11-13)5-7-16(19)20/h2-7,10-11H,8-9H2,1H3,(H,19,20)/b7-5+. The molecule has 21 heavy (non-hydrogen) atoms. The minimum Gasteiger partial charge on any atom is -0.478 e. The highest BCUT2D eigenvalue weighted by Crippen LogP contribution is 2.25. The number of hydrogen-bond donors (Lipinski definition) is 1. The van der Waals surface area contributed by atoms with Crippen LogP contribution in [0, 0.1) is 0 Å². The first-order chi connectivity index (χ1) is 10.1. The third-order valence-corrected chi connectivity index (χ3v) is 4.73. The molecule has 5 heteroatoms. The first-order valence-electron chi connectivity index (χ1n) is 6.50. The van der Waals surface area contributed by atoms with E-state index in [-0.39, 0.29) is 0 Å². The van der Waals surface area contributed by atoms with Crippen molar-refractivity contribution in [2.75, 3.05) is 18.5 Å². The second-order valence-electron chi connectivity index (χ2n) is 4.63. The predicted molar refractivity (Wildman–Crippen MR) is 92.1 cm³/mol. The lowest BCUT2D eigenvalue weighted by Crippen LogP contribution is -2.19. The molecule has 0 spiro atoms. The number of thiophene rings is 1. The van der Waals surface area contributed by atoms with E-state index in [9.17, 15) is 4.79 Å². The number of benzene rings is 1. The Morgan fingerprint density at radius 1 is 1.43 bits per heavy atom. The zero-order valence-corrected chi connectivity index (χ0v) is 14.0. The summed E-state index contributed by atoms with van der Waals surface area (Å²) in [5.74, 6) is -0.945. The molecule has 0 aliphatic rings. The number of halogens is 1. The lowest BCUT2D eigenvalue weighted by Gasteiger charge is -2.19. The van der Waals surface area contributed by atoms with Crippen molar-refractivity contribution in [2.45, 2.75) is 6.42 Å². The second kappa shape index (κ2) is 7.43. The number of carboxylic acid groups (broad SMARTS) is 1. The summed E-state index contributed by atoms with van der Waals surface area (Å²) in [6.07, 6.45) is 3.74. The molecule has 0 saturated carbocycles. The van der Waals surface area contributed by atoms with Gasteiger partial charge in [0.1, 0.15) is 0 Å². The van der Waals surface area contributed by atoms with E-state index in [0.717, 1.165) is 34.8 Å². The second-order valence-corrected chi connectivity index (χ2v) is 6.51. The number of rotatable bonds is 6. The molecule has 0 bridgehead atoms. The van der Waals surface area contributed by atoms with Crippen molar-refractivity contribution in [3.8, 4) is 0 Å². The summed E-state index contributed by atoms with van der Waals surface area (Å²) in [5.41, 5.74) is 1.96. The van der Waals surface area contributed by atoms with Gasteiger partial charge in [0.2, 0.25) is 0 Å². The van der Waals surface area contributed by atoms with Crippen LogP contribution in [0.3, 0.4) is 0 Å². The highest BCUT2D eigenvalue weighted by Gasteiger charge is 2.05. The molecular weight excluding hydrogens is 350 g/mol. The maximum absolute atomic E-state index is 10.5. The Bertz CT molecular complexity index is 638. The van der Waals surface area contributed by atoms with Crippen molar-refractivity contribution in [3.05, 3.63) is 56.7 Å². The van der Waals surface area contributed by atoms with Gasteiger partial charge in [-0.25, -0.2) is 4.79 Å². The van der Waals surface area contributed by atoms with E-state index in [4.69, 9.17) is 5.11 Å². The van der Waals surface area contributed by atoms with Crippen LogP contribution in [0.15, 0.2) is 46.3 Å². The van der Waals surface area contributed by atoms with Crippen molar-refractivity contribution in [2.24, 2.45) is 0 Å². The molecule has 1 N–H and O–H groups in total. The summed E-state index contributed by atoms with van der Waals surface area (Å²) < 4.78 is 0.889. The van der Waals surface area contributed by atoms with Crippen molar-refractivity contribution < 1.29 is 9.90 Å². The van der Waals surface area contributed by atoms with Crippen LogP contribution in [-0.2, 0) is 11.2 Å². The molecule has 2 rings (SSSR count). The minimum atomic E-state index is -0.945.